The number of halogens is 2. The third-order valence-corrected chi connectivity index (χ3v) is 4.82. The van der Waals surface area contributed by atoms with E-state index in [1.807, 2.05) is 6.07 Å². The summed E-state index contributed by atoms with van der Waals surface area (Å²) in [6.07, 6.45) is 4.49. The topological polar surface area (TPSA) is 12.0 Å². The van der Waals surface area contributed by atoms with Gasteiger partial charge >= 0.3 is 0 Å². The van der Waals surface area contributed by atoms with Crippen molar-refractivity contribution in [1.82, 2.24) is 5.32 Å². The number of hydrogen-bond acceptors (Lipinski definition) is 1. The van der Waals surface area contributed by atoms with E-state index in [0.717, 1.165) is 18.5 Å². The van der Waals surface area contributed by atoms with Gasteiger partial charge in [0.05, 0.1) is 5.02 Å². The molecule has 2 rings (SSSR count). The maximum Gasteiger partial charge on any atom is 0.142 e. The summed E-state index contributed by atoms with van der Waals surface area (Å²) in [5.74, 6) is 0.935. The summed E-state index contributed by atoms with van der Waals surface area (Å²) in [4.78, 5) is 0. The summed E-state index contributed by atoms with van der Waals surface area (Å²) in [6, 6.07) is 5.74. The predicted octanol–water partition coefficient (Wildman–Crippen LogP) is 4.44. The van der Waals surface area contributed by atoms with Crippen LogP contribution in [0.5, 0.6) is 0 Å². The standard InChI is InChI=1S/C16H23ClFN/c1-3-9-19-15-8-7-12(11(15)2)10-13-5-4-6-14(18)16(13)17/h4-6,11-12,15,19H,3,7-10H2,1-2H3. The van der Waals surface area contributed by atoms with E-state index in [0.29, 0.717) is 22.9 Å². The highest BCUT2D eigenvalue weighted by Gasteiger charge is 2.32. The van der Waals surface area contributed by atoms with Gasteiger partial charge in [-0.25, -0.2) is 4.39 Å². The Morgan fingerprint density at radius 3 is 2.89 bits per heavy atom. The highest BCUT2D eigenvalue weighted by Crippen LogP contribution is 2.36. The van der Waals surface area contributed by atoms with Crippen LogP contribution >= 0.6 is 11.6 Å². The molecule has 0 radical (unpaired) electrons. The van der Waals surface area contributed by atoms with Crippen LogP contribution in [0.2, 0.25) is 5.02 Å². The van der Waals surface area contributed by atoms with Gasteiger partial charge in [-0.05, 0) is 55.7 Å². The van der Waals surface area contributed by atoms with Gasteiger partial charge in [-0.2, -0.15) is 0 Å². The van der Waals surface area contributed by atoms with Gasteiger partial charge in [0, 0.05) is 6.04 Å². The van der Waals surface area contributed by atoms with Crippen molar-refractivity contribution < 1.29 is 4.39 Å². The molecule has 1 aliphatic carbocycles. The Kier molecular flexibility index (Phi) is 5.23. The van der Waals surface area contributed by atoms with Crippen molar-refractivity contribution in [3.63, 3.8) is 0 Å². The summed E-state index contributed by atoms with van der Waals surface area (Å²) >= 11 is 6.05. The van der Waals surface area contributed by atoms with Crippen LogP contribution in [-0.4, -0.2) is 12.6 Å². The second-order valence-electron chi connectivity index (χ2n) is 5.67. The first kappa shape index (κ1) is 14.8. The van der Waals surface area contributed by atoms with Crippen molar-refractivity contribution in [3.8, 4) is 0 Å². The molecule has 3 unspecified atom stereocenters. The zero-order valence-corrected chi connectivity index (χ0v) is 12.5. The van der Waals surface area contributed by atoms with Crippen LogP contribution in [0, 0.1) is 17.7 Å². The van der Waals surface area contributed by atoms with Crippen LogP contribution < -0.4 is 5.32 Å². The summed E-state index contributed by atoms with van der Waals surface area (Å²) in [5.41, 5.74) is 0.953. The molecular formula is C16H23ClFN. The first-order valence-electron chi connectivity index (χ1n) is 7.29. The van der Waals surface area contributed by atoms with Crippen molar-refractivity contribution in [1.29, 1.82) is 0 Å². The third-order valence-electron chi connectivity index (χ3n) is 4.40. The number of hydrogen-bond donors (Lipinski definition) is 1. The molecular weight excluding hydrogens is 261 g/mol. The minimum Gasteiger partial charge on any atom is -0.314 e. The van der Waals surface area contributed by atoms with Gasteiger partial charge in [0.2, 0.25) is 0 Å². The molecule has 0 aliphatic heterocycles. The minimum absolute atomic E-state index is 0.300. The highest BCUT2D eigenvalue weighted by molar-refractivity contribution is 6.31. The zero-order chi connectivity index (χ0) is 13.8. The molecule has 1 fully saturated rings. The molecule has 0 spiro atoms. The van der Waals surface area contributed by atoms with Gasteiger partial charge in [0.1, 0.15) is 5.82 Å². The molecule has 0 bridgehead atoms. The van der Waals surface area contributed by atoms with E-state index in [2.05, 4.69) is 19.2 Å². The van der Waals surface area contributed by atoms with Gasteiger partial charge in [-0.3, -0.25) is 0 Å². The second kappa shape index (κ2) is 6.71. The molecule has 106 valence electrons. The van der Waals surface area contributed by atoms with E-state index in [9.17, 15) is 4.39 Å². The Labute approximate surface area is 120 Å². The molecule has 1 aromatic carbocycles. The molecule has 1 N–H and O–H groups in total. The lowest BCUT2D eigenvalue weighted by Crippen LogP contribution is -2.33. The second-order valence-corrected chi connectivity index (χ2v) is 6.05. The molecule has 0 saturated heterocycles. The quantitative estimate of drug-likeness (QED) is 0.843. The number of benzene rings is 1. The summed E-state index contributed by atoms with van der Waals surface area (Å²) in [5, 5.41) is 3.92. The fourth-order valence-corrected chi connectivity index (χ4v) is 3.35. The highest BCUT2D eigenvalue weighted by atomic mass is 35.5. The average molecular weight is 284 g/mol. The Morgan fingerprint density at radius 2 is 2.16 bits per heavy atom. The monoisotopic (exact) mass is 283 g/mol. The number of rotatable bonds is 5. The Balaban J connectivity index is 1.98. The van der Waals surface area contributed by atoms with Gasteiger partial charge in [-0.1, -0.05) is 37.6 Å². The van der Waals surface area contributed by atoms with Crippen molar-refractivity contribution in [3.05, 3.63) is 34.6 Å². The van der Waals surface area contributed by atoms with Gasteiger partial charge < -0.3 is 5.32 Å². The average Bonchev–Trinajstić information content (AvgIpc) is 2.74. The SMILES string of the molecule is CCCNC1CCC(Cc2cccc(F)c2Cl)C1C. The van der Waals surface area contributed by atoms with E-state index < -0.39 is 0 Å². The first-order valence-corrected chi connectivity index (χ1v) is 7.67. The Morgan fingerprint density at radius 1 is 1.37 bits per heavy atom. The smallest absolute Gasteiger partial charge is 0.142 e. The van der Waals surface area contributed by atoms with Crippen molar-refractivity contribution in [2.75, 3.05) is 6.54 Å². The molecule has 3 heteroatoms. The van der Waals surface area contributed by atoms with Crippen LogP contribution in [0.15, 0.2) is 18.2 Å². The zero-order valence-electron chi connectivity index (χ0n) is 11.8. The van der Waals surface area contributed by atoms with E-state index in [4.69, 9.17) is 11.6 Å². The van der Waals surface area contributed by atoms with Crippen molar-refractivity contribution >= 4 is 11.6 Å². The lowest BCUT2D eigenvalue weighted by molar-refractivity contribution is 0.351. The number of nitrogens with one attached hydrogen (secondary N) is 1. The van der Waals surface area contributed by atoms with Crippen LogP contribution in [-0.2, 0) is 6.42 Å². The summed E-state index contributed by atoms with van der Waals surface area (Å²) < 4.78 is 13.4. The summed E-state index contributed by atoms with van der Waals surface area (Å²) in [7, 11) is 0. The lowest BCUT2D eigenvalue weighted by Gasteiger charge is -2.22. The minimum atomic E-state index is -0.300. The Bertz CT molecular complexity index is 421. The van der Waals surface area contributed by atoms with Crippen molar-refractivity contribution in [2.45, 2.75) is 45.6 Å². The molecule has 1 nitrogen and oxygen atoms in total. The molecule has 1 saturated carbocycles. The molecule has 1 aromatic rings. The van der Waals surface area contributed by atoms with E-state index >= 15 is 0 Å². The molecule has 0 aromatic heterocycles. The van der Waals surface area contributed by atoms with Gasteiger partial charge in [-0.15, -0.1) is 0 Å². The maximum absolute atomic E-state index is 13.4. The predicted molar refractivity (Wildman–Crippen MR) is 79.1 cm³/mol. The lowest BCUT2D eigenvalue weighted by atomic mass is 9.89. The van der Waals surface area contributed by atoms with Gasteiger partial charge in [0.25, 0.3) is 0 Å². The molecule has 0 amide bonds. The fraction of sp³-hybridized carbons (Fsp3) is 0.625. The van der Waals surface area contributed by atoms with E-state index in [1.54, 1.807) is 6.07 Å². The van der Waals surface area contributed by atoms with Crippen LogP contribution in [0.3, 0.4) is 0 Å². The summed E-state index contributed by atoms with van der Waals surface area (Å²) in [6.45, 7) is 5.58. The third kappa shape index (κ3) is 3.49. The molecule has 3 atom stereocenters. The molecule has 1 aliphatic rings. The van der Waals surface area contributed by atoms with Crippen LogP contribution in [0.1, 0.15) is 38.7 Å². The largest absolute Gasteiger partial charge is 0.314 e. The van der Waals surface area contributed by atoms with E-state index in [-0.39, 0.29) is 5.82 Å². The first-order chi connectivity index (χ1) is 9.13. The van der Waals surface area contributed by atoms with Crippen molar-refractivity contribution in [2.24, 2.45) is 11.8 Å². The molecule has 19 heavy (non-hydrogen) atoms. The molecule has 0 heterocycles. The Hall–Kier alpha value is -0.600. The fourth-order valence-electron chi connectivity index (χ4n) is 3.14. The normalized spacial score (nSPS) is 26.8. The van der Waals surface area contributed by atoms with Crippen LogP contribution in [0.25, 0.3) is 0 Å². The van der Waals surface area contributed by atoms with Gasteiger partial charge in [0.15, 0.2) is 0 Å². The van der Waals surface area contributed by atoms with E-state index in [1.165, 1.54) is 25.3 Å². The van der Waals surface area contributed by atoms with Crippen LogP contribution in [0.4, 0.5) is 4.39 Å². The maximum atomic E-state index is 13.4.